The van der Waals surface area contributed by atoms with Gasteiger partial charge in [-0.3, -0.25) is 4.79 Å². The molecule has 0 saturated heterocycles. The summed E-state index contributed by atoms with van der Waals surface area (Å²) in [4.78, 5) is 29.1. The first-order valence-electron chi connectivity index (χ1n) is 12.2. The van der Waals surface area contributed by atoms with Crippen molar-refractivity contribution in [2.24, 2.45) is 0 Å². The lowest BCUT2D eigenvalue weighted by atomic mass is 9.98. The smallest absolute Gasteiger partial charge is 0.326 e. The van der Waals surface area contributed by atoms with Crippen LogP contribution in [-0.4, -0.2) is 44.9 Å². The van der Waals surface area contributed by atoms with Crippen molar-refractivity contribution in [2.75, 3.05) is 12.4 Å². The lowest BCUT2D eigenvalue weighted by molar-refractivity contribution is -0.139. The van der Waals surface area contributed by atoms with Crippen LogP contribution in [0, 0.1) is 20.8 Å². The predicted molar refractivity (Wildman–Crippen MR) is 145 cm³/mol. The SMILES string of the molecule is COc1ccnc(NCc2cnn(-c3ccc(CC(NC(=O)c4c(C)cc(C)cc4C)C(=O)O)cc3)c2)c1. The molecular weight excluding hydrogens is 482 g/mol. The Morgan fingerprint density at radius 2 is 1.74 bits per heavy atom. The molecular formula is C29H31N5O4. The van der Waals surface area contributed by atoms with Crippen LogP contribution < -0.4 is 15.4 Å². The average molecular weight is 514 g/mol. The van der Waals surface area contributed by atoms with Crippen LogP contribution in [0.15, 0.2) is 67.1 Å². The number of benzene rings is 2. The number of hydrogen-bond donors (Lipinski definition) is 3. The Hall–Kier alpha value is -4.66. The van der Waals surface area contributed by atoms with Crippen LogP contribution in [0.1, 0.15) is 38.2 Å². The molecule has 0 saturated carbocycles. The molecule has 1 atom stereocenters. The Labute approximate surface area is 221 Å². The monoisotopic (exact) mass is 513 g/mol. The number of carbonyl (C=O) groups excluding carboxylic acids is 1. The lowest BCUT2D eigenvalue weighted by Gasteiger charge is -2.17. The fourth-order valence-corrected chi connectivity index (χ4v) is 4.41. The number of rotatable bonds is 10. The molecule has 2 heterocycles. The molecule has 2 aromatic carbocycles. The summed E-state index contributed by atoms with van der Waals surface area (Å²) in [7, 11) is 1.61. The molecule has 0 bridgehead atoms. The van der Waals surface area contributed by atoms with Gasteiger partial charge in [0, 0.05) is 42.6 Å². The van der Waals surface area contributed by atoms with Gasteiger partial charge in [0.05, 0.1) is 19.0 Å². The topological polar surface area (TPSA) is 118 Å². The predicted octanol–water partition coefficient (Wildman–Crippen LogP) is 4.24. The van der Waals surface area contributed by atoms with Gasteiger partial charge in [0.1, 0.15) is 17.6 Å². The van der Waals surface area contributed by atoms with E-state index in [9.17, 15) is 14.7 Å². The molecule has 0 aliphatic rings. The van der Waals surface area contributed by atoms with E-state index in [1.807, 2.05) is 69.4 Å². The number of methoxy groups -OCH3 is 1. The summed E-state index contributed by atoms with van der Waals surface area (Å²) in [5, 5.41) is 20.1. The number of amides is 1. The van der Waals surface area contributed by atoms with E-state index in [1.165, 1.54) is 0 Å². The highest BCUT2D eigenvalue weighted by atomic mass is 16.5. The second kappa shape index (κ2) is 11.6. The Kier molecular flexibility index (Phi) is 8.06. The number of nitrogens with one attached hydrogen (secondary N) is 2. The van der Waals surface area contributed by atoms with Gasteiger partial charge < -0.3 is 20.5 Å². The Bertz CT molecular complexity index is 1420. The van der Waals surface area contributed by atoms with Crippen molar-refractivity contribution in [3.63, 3.8) is 0 Å². The molecule has 0 aliphatic carbocycles. The number of carboxylic acids is 1. The number of anilines is 1. The van der Waals surface area contributed by atoms with Gasteiger partial charge in [0.25, 0.3) is 5.91 Å². The van der Waals surface area contributed by atoms with Gasteiger partial charge in [-0.2, -0.15) is 5.10 Å². The number of pyridine rings is 1. The van der Waals surface area contributed by atoms with Crippen LogP contribution in [0.2, 0.25) is 0 Å². The van der Waals surface area contributed by atoms with Gasteiger partial charge in [-0.1, -0.05) is 29.8 Å². The number of hydrogen-bond acceptors (Lipinski definition) is 6. The summed E-state index contributed by atoms with van der Waals surface area (Å²) in [5.41, 5.74) is 5.81. The first-order chi connectivity index (χ1) is 18.2. The van der Waals surface area contributed by atoms with Crippen LogP contribution in [-0.2, 0) is 17.8 Å². The van der Waals surface area contributed by atoms with E-state index >= 15 is 0 Å². The number of carbonyl (C=O) groups is 2. The summed E-state index contributed by atoms with van der Waals surface area (Å²) < 4.78 is 6.97. The number of aryl methyl sites for hydroxylation is 3. The molecule has 0 spiro atoms. The maximum atomic E-state index is 12.9. The van der Waals surface area contributed by atoms with E-state index in [4.69, 9.17) is 4.74 Å². The van der Waals surface area contributed by atoms with Crippen molar-refractivity contribution in [3.8, 4) is 11.4 Å². The molecule has 9 nitrogen and oxygen atoms in total. The number of aromatic nitrogens is 3. The van der Waals surface area contributed by atoms with Crippen LogP contribution in [0.3, 0.4) is 0 Å². The molecule has 0 radical (unpaired) electrons. The van der Waals surface area contributed by atoms with E-state index in [1.54, 1.807) is 30.3 Å². The lowest BCUT2D eigenvalue weighted by Crippen LogP contribution is -2.42. The standard InChI is InChI=1S/C29H31N5O4/c1-18-11-19(2)27(20(3)12-18)28(35)33-25(29(36)37)13-21-5-7-23(8-6-21)34-17-22(16-32-34)15-31-26-14-24(38-4)9-10-30-26/h5-12,14,16-17,25H,13,15H2,1-4H3,(H,30,31)(H,33,35)(H,36,37). The number of carboxylic acid groups (broad SMARTS) is 1. The zero-order valence-corrected chi connectivity index (χ0v) is 21.9. The third-order valence-electron chi connectivity index (χ3n) is 6.23. The fourth-order valence-electron chi connectivity index (χ4n) is 4.41. The normalized spacial score (nSPS) is 11.6. The van der Waals surface area contributed by atoms with Crippen molar-refractivity contribution in [2.45, 2.75) is 39.8 Å². The first kappa shape index (κ1) is 26.4. The van der Waals surface area contributed by atoms with Crippen molar-refractivity contribution >= 4 is 17.7 Å². The van der Waals surface area contributed by atoms with Crippen LogP contribution in [0.5, 0.6) is 5.75 Å². The number of nitrogens with zero attached hydrogens (tertiary/aromatic N) is 3. The van der Waals surface area contributed by atoms with Crippen LogP contribution in [0.25, 0.3) is 5.69 Å². The average Bonchev–Trinajstić information content (AvgIpc) is 3.36. The van der Waals surface area contributed by atoms with E-state index in [0.717, 1.165) is 39.3 Å². The summed E-state index contributed by atoms with van der Waals surface area (Å²) >= 11 is 0. The van der Waals surface area contributed by atoms with Gasteiger partial charge in [-0.15, -0.1) is 0 Å². The second-order valence-corrected chi connectivity index (χ2v) is 9.24. The molecule has 9 heteroatoms. The molecule has 3 N–H and O–H groups in total. The van der Waals surface area contributed by atoms with Crippen molar-refractivity contribution in [3.05, 3.63) is 101 Å². The molecule has 196 valence electrons. The van der Waals surface area contributed by atoms with E-state index in [-0.39, 0.29) is 12.3 Å². The minimum absolute atomic E-state index is 0.160. The quantitative estimate of drug-likeness (QED) is 0.290. The van der Waals surface area contributed by atoms with Crippen molar-refractivity contribution < 1.29 is 19.4 Å². The summed E-state index contributed by atoms with van der Waals surface area (Å²) in [5.74, 6) is -0.0389. The third kappa shape index (κ3) is 6.36. The summed E-state index contributed by atoms with van der Waals surface area (Å²) in [6, 6.07) is 13.8. The van der Waals surface area contributed by atoms with Crippen molar-refractivity contribution in [1.82, 2.24) is 20.1 Å². The zero-order chi connectivity index (χ0) is 27.2. The molecule has 0 aliphatic heterocycles. The highest BCUT2D eigenvalue weighted by Gasteiger charge is 2.23. The minimum atomic E-state index is -1.08. The third-order valence-corrected chi connectivity index (χ3v) is 6.23. The maximum absolute atomic E-state index is 12.9. The fraction of sp³-hybridized carbons (Fsp3) is 0.241. The molecule has 0 fully saturated rings. The van der Waals surface area contributed by atoms with E-state index < -0.39 is 12.0 Å². The number of ether oxygens (including phenoxy) is 1. The Balaban J connectivity index is 1.39. The zero-order valence-electron chi connectivity index (χ0n) is 21.9. The Morgan fingerprint density at radius 3 is 2.39 bits per heavy atom. The largest absolute Gasteiger partial charge is 0.497 e. The van der Waals surface area contributed by atoms with E-state index in [2.05, 4.69) is 20.7 Å². The van der Waals surface area contributed by atoms with Gasteiger partial charge in [0.15, 0.2) is 0 Å². The summed E-state index contributed by atoms with van der Waals surface area (Å²) in [6.45, 7) is 6.22. The van der Waals surface area contributed by atoms with Gasteiger partial charge in [-0.25, -0.2) is 14.5 Å². The highest BCUT2D eigenvalue weighted by molar-refractivity contribution is 5.99. The minimum Gasteiger partial charge on any atom is -0.497 e. The second-order valence-electron chi connectivity index (χ2n) is 9.24. The summed E-state index contributed by atoms with van der Waals surface area (Å²) in [6.07, 6.45) is 5.52. The molecule has 1 amide bonds. The molecule has 4 aromatic rings. The molecule has 38 heavy (non-hydrogen) atoms. The van der Waals surface area contributed by atoms with Gasteiger partial charge in [-0.05, 0) is 55.7 Å². The first-order valence-corrected chi connectivity index (χ1v) is 12.2. The number of aliphatic carboxylic acids is 1. The van der Waals surface area contributed by atoms with Crippen molar-refractivity contribution in [1.29, 1.82) is 0 Å². The van der Waals surface area contributed by atoms with Gasteiger partial charge in [0.2, 0.25) is 0 Å². The van der Waals surface area contributed by atoms with E-state index in [0.29, 0.717) is 17.9 Å². The Morgan fingerprint density at radius 1 is 1.03 bits per heavy atom. The molecule has 1 unspecified atom stereocenters. The molecule has 4 rings (SSSR count). The maximum Gasteiger partial charge on any atom is 0.326 e. The van der Waals surface area contributed by atoms with Crippen LogP contribution in [0.4, 0.5) is 5.82 Å². The van der Waals surface area contributed by atoms with Gasteiger partial charge >= 0.3 is 5.97 Å². The van der Waals surface area contributed by atoms with Crippen LogP contribution >= 0.6 is 0 Å². The highest BCUT2D eigenvalue weighted by Crippen LogP contribution is 2.18. The molecule has 2 aromatic heterocycles.